The van der Waals surface area contributed by atoms with E-state index in [-0.39, 0.29) is 0 Å². The molecule has 2 aromatic carbocycles. The average molecular weight is 332 g/mol. The van der Waals surface area contributed by atoms with Crippen molar-refractivity contribution < 1.29 is 9.15 Å². The molecule has 4 aromatic rings. The number of methoxy groups -OCH3 is 1. The van der Waals surface area contributed by atoms with Gasteiger partial charge < -0.3 is 14.5 Å². The van der Waals surface area contributed by atoms with E-state index in [4.69, 9.17) is 9.15 Å². The summed E-state index contributed by atoms with van der Waals surface area (Å²) >= 11 is 0. The van der Waals surface area contributed by atoms with Crippen LogP contribution in [0.3, 0.4) is 0 Å². The van der Waals surface area contributed by atoms with E-state index in [9.17, 15) is 0 Å². The lowest BCUT2D eigenvalue weighted by atomic mass is 10.2. The Kier molecular flexibility index (Phi) is 3.78. The van der Waals surface area contributed by atoms with Gasteiger partial charge in [0.05, 0.1) is 7.11 Å². The molecule has 0 atom stereocenters. The second-order valence-electron chi connectivity index (χ2n) is 5.51. The zero-order valence-corrected chi connectivity index (χ0v) is 13.9. The maximum absolute atomic E-state index is 5.84. The van der Waals surface area contributed by atoms with Gasteiger partial charge in [0.2, 0.25) is 5.89 Å². The summed E-state index contributed by atoms with van der Waals surface area (Å²) in [5, 5.41) is 3.28. The predicted octanol–water partition coefficient (Wildman–Crippen LogP) is 4.35. The van der Waals surface area contributed by atoms with Crippen LogP contribution in [0.5, 0.6) is 5.75 Å². The number of rotatable bonds is 4. The van der Waals surface area contributed by atoms with Crippen molar-refractivity contribution in [1.29, 1.82) is 0 Å². The van der Waals surface area contributed by atoms with Gasteiger partial charge in [-0.2, -0.15) is 4.98 Å². The monoisotopic (exact) mass is 332 g/mol. The normalized spacial score (nSPS) is 10.8. The number of hydrogen-bond donors (Lipinski definition) is 1. The molecule has 124 valence electrons. The van der Waals surface area contributed by atoms with Gasteiger partial charge in [-0.05, 0) is 43.3 Å². The number of fused-ring (bicyclic) bond motifs is 1. The molecule has 0 fully saturated rings. The van der Waals surface area contributed by atoms with Crippen LogP contribution in [0.2, 0.25) is 0 Å². The van der Waals surface area contributed by atoms with Gasteiger partial charge in [0.15, 0.2) is 11.3 Å². The molecule has 0 bridgehead atoms. The molecule has 0 radical (unpaired) electrons. The maximum atomic E-state index is 5.84. The fourth-order valence-corrected chi connectivity index (χ4v) is 2.53. The number of aryl methyl sites for hydroxylation is 1. The highest BCUT2D eigenvalue weighted by Crippen LogP contribution is 2.29. The third-order valence-corrected chi connectivity index (χ3v) is 3.74. The van der Waals surface area contributed by atoms with Gasteiger partial charge in [-0.3, -0.25) is 0 Å². The first-order valence-corrected chi connectivity index (χ1v) is 7.84. The highest BCUT2D eigenvalue weighted by molar-refractivity contribution is 5.85. The second kappa shape index (κ2) is 6.24. The summed E-state index contributed by atoms with van der Waals surface area (Å²) in [7, 11) is 1.63. The topological polar surface area (TPSA) is 73.1 Å². The standard InChI is InChI=1S/C19H16N4O2/c1-12-20-17(22-14-6-4-3-5-7-14)16-19(21-12)25-18(23-16)13-8-10-15(24-2)11-9-13/h3-11H,1-2H3,(H,20,21,22). The summed E-state index contributed by atoms with van der Waals surface area (Å²) in [6, 6.07) is 17.3. The number of anilines is 2. The lowest BCUT2D eigenvalue weighted by Gasteiger charge is -2.05. The largest absolute Gasteiger partial charge is 0.497 e. The molecule has 1 N–H and O–H groups in total. The van der Waals surface area contributed by atoms with Crippen molar-refractivity contribution in [2.24, 2.45) is 0 Å². The van der Waals surface area contributed by atoms with Crippen molar-refractivity contribution in [2.75, 3.05) is 12.4 Å². The van der Waals surface area contributed by atoms with Gasteiger partial charge in [0.25, 0.3) is 5.71 Å². The molecular formula is C19H16N4O2. The van der Waals surface area contributed by atoms with Crippen molar-refractivity contribution >= 4 is 22.7 Å². The van der Waals surface area contributed by atoms with E-state index in [0.717, 1.165) is 17.0 Å². The summed E-state index contributed by atoms with van der Waals surface area (Å²) in [5.41, 5.74) is 2.83. The summed E-state index contributed by atoms with van der Waals surface area (Å²) in [6.45, 7) is 1.82. The number of ether oxygens (including phenoxy) is 1. The minimum absolute atomic E-state index is 0.455. The van der Waals surface area contributed by atoms with Gasteiger partial charge >= 0.3 is 0 Å². The second-order valence-corrected chi connectivity index (χ2v) is 5.51. The molecule has 0 aliphatic rings. The molecule has 2 heterocycles. The van der Waals surface area contributed by atoms with E-state index in [1.807, 2.05) is 61.5 Å². The van der Waals surface area contributed by atoms with E-state index in [1.54, 1.807) is 7.11 Å². The Morgan fingerprint density at radius 2 is 1.68 bits per heavy atom. The van der Waals surface area contributed by atoms with Crippen LogP contribution in [-0.2, 0) is 0 Å². The van der Waals surface area contributed by atoms with E-state index in [0.29, 0.717) is 28.8 Å². The lowest BCUT2D eigenvalue weighted by Crippen LogP contribution is -1.98. The molecule has 2 aromatic heterocycles. The van der Waals surface area contributed by atoms with E-state index in [2.05, 4.69) is 20.3 Å². The molecule has 6 heteroatoms. The van der Waals surface area contributed by atoms with Crippen molar-refractivity contribution in [2.45, 2.75) is 6.92 Å². The van der Waals surface area contributed by atoms with Crippen LogP contribution in [0.1, 0.15) is 5.82 Å². The first kappa shape index (κ1) is 15.1. The number of aromatic nitrogens is 3. The molecule has 0 spiro atoms. The van der Waals surface area contributed by atoms with Crippen LogP contribution in [-0.4, -0.2) is 22.1 Å². The smallest absolute Gasteiger partial charge is 0.252 e. The van der Waals surface area contributed by atoms with Crippen LogP contribution < -0.4 is 10.1 Å². The van der Waals surface area contributed by atoms with Crippen molar-refractivity contribution in [3.05, 3.63) is 60.4 Å². The Hall–Kier alpha value is -3.41. The third-order valence-electron chi connectivity index (χ3n) is 3.74. The van der Waals surface area contributed by atoms with Crippen molar-refractivity contribution in [1.82, 2.24) is 15.0 Å². The van der Waals surface area contributed by atoms with Gasteiger partial charge in [-0.1, -0.05) is 18.2 Å². The molecule has 4 rings (SSSR count). The Morgan fingerprint density at radius 1 is 0.920 bits per heavy atom. The SMILES string of the molecule is COc1ccc(-c2nc3c(Nc4ccccc4)nc(C)nc3o2)cc1. The van der Waals surface area contributed by atoms with Crippen LogP contribution in [0.25, 0.3) is 22.7 Å². The van der Waals surface area contributed by atoms with Crippen molar-refractivity contribution in [3.63, 3.8) is 0 Å². The molecule has 0 aliphatic heterocycles. The zero-order chi connectivity index (χ0) is 17.2. The molecule has 0 saturated carbocycles. The van der Waals surface area contributed by atoms with E-state index < -0.39 is 0 Å². The third kappa shape index (κ3) is 3.01. The number of nitrogens with one attached hydrogen (secondary N) is 1. The number of oxazole rings is 1. The van der Waals surface area contributed by atoms with Crippen molar-refractivity contribution in [3.8, 4) is 17.2 Å². The van der Waals surface area contributed by atoms with Gasteiger partial charge in [0.1, 0.15) is 11.6 Å². The van der Waals surface area contributed by atoms with Crippen LogP contribution in [0.4, 0.5) is 11.5 Å². The van der Waals surface area contributed by atoms with E-state index in [1.165, 1.54) is 0 Å². The number of hydrogen-bond acceptors (Lipinski definition) is 6. The Morgan fingerprint density at radius 3 is 2.40 bits per heavy atom. The minimum Gasteiger partial charge on any atom is -0.497 e. The summed E-state index contributed by atoms with van der Waals surface area (Å²) < 4.78 is 11.0. The maximum Gasteiger partial charge on any atom is 0.252 e. The van der Waals surface area contributed by atoms with Gasteiger partial charge in [0, 0.05) is 11.3 Å². The summed E-state index contributed by atoms with van der Waals surface area (Å²) in [5.74, 6) is 2.51. The fraction of sp³-hybridized carbons (Fsp3) is 0.105. The van der Waals surface area contributed by atoms with Gasteiger partial charge in [-0.15, -0.1) is 0 Å². The lowest BCUT2D eigenvalue weighted by molar-refractivity contribution is 0.415. The number of para-hydroxylation sites is 1. The van der Waals surface area contributed by atoms with Crippen LogP contribution in [0, 0.1) is 6.92 Å². The zero-order valence-electron chi connectivity index (χ0n) is 13.9. The van der Waals surface area contributed by atoms with Gasteiger partial charge in [-0.25, -0.2) is 9.97 Å². The molecule has 6 nitrogen and oxygen atoms in total. The molecule has 25 heavy (non-hydrogen) atoms. The molecule has 0 saturated heterocycles. The summed E-state index contributed by atoms with van der Waals surface area (Å²) in [6.07, 6.45) is 0. The molecule has 0 unspecified atom stereocenters. The first-order chi connectivity index (χ1) is 12.2. The highest BCUT2D eigenvalue weighted by Gasteiger charge is 2.15. The molecule has 0 amide bonds. The van der Waals surface area contributed by atoms with E-state index >= 15 is 0 Å². The molecular weight excluding hydrogens is 316 g/mol. The quantitative estimate of drug-likeness (QED) is 0.599. The van der Waals surface area contributed by atoms with Crippen LogP contribution in [0.15, 0.2) is 59.0 Å². The number of benzene rings is 2. The Balaban J connectivity index is 1.77. The average Bonchev–Trinajstić information content (AvgIpc) is 3.07. The fourth-order valence-electron chi connectivity index (χ4n) is 2.53. The number of nitrogens with zero attached hydrogens (tertiary/aromatic N) is 3. The predicted molar refractivity (Wildman–Crippen MR) is 96.0 cm³/mol. The summed E-state index contributed by atoms with van der Waals surface area (Å²) in [4.78, 5) is 13.4. The Labute approximate surface area is 144 Å². The first-order valence-electron chi connectivity index (χ1n) is 7.84. The highest BCUT2D eigenvalue weighted by atomic mass is 16.5. The van der Waals surface area contributed by atoms with Crippen LogP contribution >= 0.6 is 0 Å². The Bertz CT molecular complexity index is 1010. The minimum atomic E-state index is 0.455. The molecule has 0 aliphatic carbocycles.